The minimum Gasteiger partial charge on any atom is -0.456 e. The molecule has 0 bridgehead atoms. The highest BCUT2D eigenvalue weighted by Gasteiger charge is 3.05. The number of rotatable bonds is 0. The lowest BCUT2D eigenvalue weighted by molar-refractivity contribution is -0.240. The summed E-state index contributed by atoms with van der Waals surface area (Å²) in [6.07, 6.45) is -9.69. The molecule has 11 nitrogen and oxygen atoms in total. The topological polar surface area (TPSA) is 169 Å². The van der Waals surface area contributed by atoms with Gasteiger partial charge >= 0.3 is 17.9 Å². The Labute approximate surface area is 176 Å². The van der Waals surface area contributed by atoms with Crippen LogP contribution in [0.4, 0.5) is 0 Å². The van der Waals surface area contributed by atoms with Gasteiger partial charge < -0.3 is 39.4 Å². The van der Waals surface area contributed by atoms with Crippen LogP contribution in [-0.2, 0) is 33.3 Å². The molecule has 0 aromatic rings. The zero-order valence-electron chi connectivity index (χ0n) is 17.3. The third-order valence-electron chi connectivity index (χ3n) is 8.95. The van der Waals surface area contributed by atoms with Gasteiger partial charge in [0, 0.05) is 5.92 Å². The Morgan fingerprint density at radius 3 is 2.19 bits per heavy atom. The normalized spacial score (nSPS) is 61.0. The Morgan fingerprint density at radius 2 is 1.58 bits per heavy atom. The van der Waals surface area contributed by atoms with Gasteiger partial charge in [-0.15, -0.1) is 0 Å². The van der Waals surface area contributed by atoms with Gasteiger partial charge in [-0.05, 0) is 12.3 Å². The monoisotopic (exact) mass is 440 g/mol. The molecule has 2 saturated carbocycles. The van der Waals surface area contributed by atoms with E-state index in [9.17, 15) is 34.8 Å². The average Bonchev–Trinajstić information content (AvgIpc) is 3.35. The van der Waals surface area contributed by atoms with Gasteiger partial charge in [0.15, 0.2) is 17.8 Å². The van der Waals surface area contributed by atoms with Crippen molar-refractivity contribution in [3.05, 3.63) is 0 Å². The van der Waals surface area contributed by atoms with E-state index in [0.29, 0.717) is 0 Å². The first-order valence-electron chi connectivity index (χ1n) is 10.3. The van der Waals surface area contributed by atoms with Crippen LogP contribution in [0.25, 0.3) is 0 Å². The molecule has 4 N–H and O–H groups in total. The molecule has 4 aliphatic heterocycles. The summed E-state index contributed by atoms with van der Waals surface area (Å²) >= 11 is 0. The Kier molecular flexibility index (Phi) is 3.15. The standard InChI is InChI=1S/C20H24O11/c1-5-12(24)28-11-8(22)18-10-6(21)7(16(2,3)4)17(18)9(23)13(25)30-15(17)31-20(18,14(26)29-10)19(5,11)27/h5-11,15,21-23,27H,1-4H3/t5-,6+,7+,8+,9+,10-,11+,15-,17+,18-,19-,20-/m0/s1. The molecule has 4 heterocycles. The zero-order valence-corrected chi connectivity index (χ0v) is 17.3. The summed E-state index contributed by atoms with van der Waals surface area (Å²) in [4.78, 5) is 38.3. The van der Waals surface area contributed by atoms with Crippen LogP contribution in [0.3, 0.4) is 0 Å². The van der Waals surface area contributed by atoms with Gasteiger partial charge in [-0.2, -0.15) is 0 Å². The van der Waals surface area contributed by atoms with Gasteiger partial charge in [-0.1, -0.05) is 20.8 Å². The largest absolute Gasteiger partial charge is 0.456 e. The number of aliphatic hydroxyl groups is 4. The molecule has 0 radical (unpaired) electrons. The molecular weight excluding hydrogens is 416 g/mol. The van der Waals surface area contributed by atoms with E-state index in [1.165, 1.54) is 6.92 Å². The lowest BCUT2D eigenvalue weighted by atomic mass is 9.51. The molecule has 11 heteroatoms. The minimum absolute atomic E-state index is 0.792. The van der Waals surface area contributed by atoms with Gasteiger partial charge in [-0.25, -0.2) is 9.59 Å². The number of hydrogen-bond acceptors (Lipinski definition) is 11. The maximum atomic E-state index is 13.4. The highest BCUT2D eigenvalue weighted by Crippen LogP contribution is 2.84. The summed E-state index contributed by atoms with van der Waals surface area (Å²) in [6.45, 7) is 6.63. The number of carbonyl (C=O) groups is 3. The van der Waals surface area contributed by atoms with Crippen molar-refractivity contribution >= 4 is 17.9 Å². The molecule has 6 aliphatic rings. The van der Waals surface area contributed by atoms with Crippen molar-refractivity contribution in [2.45, 2.75) is 75.7 Å². The smallest absolute Gasteiger partial charge is 0.343 e. The van der Waals surface area contributed by atoms with E-state index >= 15 is 0 Å². The van der Waals surface area contributed by atoms with E-state index in [1.54, 1.807) is 20.8 Å². The lowest BCUT2D eigenvalue weighted by Crippen LogP contribution is -2.67. The van der Waals surface area contributed by atoms with Crippen LogP contribution in [0.1, 0.15) is 27.7 Å². The van der Waals surface area contributed by atoms with Crippen molar-refractivity contribution in [3.63, 3.8) is 0 Å². The van der Waals surface area contributed by atoms with Gasteiger partial charge in [-0.3, -0.25) is 4.79 Å². The number of aliphatic hydroxyl groups excluding tert-OH is 3. The summed E-state index contributed by atoms with van der Waals surface area (Å²) < 4.78 is 22.2. The molecule has 0 amide bonds. The van der Waals surface area contributed by atoms with Crippen molar-refractivity contribution in [1.29, 1.82) is 0 Å². The summed E-state index contributed by atoms with van der Waals surface area (Å²) in [5, 5.41) is 46.1. The molecule has 6 fully saturated rings. The zero-order chi connectivity index (χ0) is 22.7. The molecule has 6 rings (SSSR count). The van der Waals surface area contributed by atoms with Crippen LogP contribution in [-0.4, -0.2) is 86.3 Å². The highest BCUT2D eigenvalue weighted by molar-refractivity contribution is 5.94. The van der Waals surface area contributed by atoms with Crippen LogP contribution in [0.2, 0.25) is 0 Å². The quantitative estimate of drug-likeness (QED) is 0.234. The molecule has 2 spiro atoms. The van der Waals surface area contributed by atoms with E-state index in [-0.39, 0.29) is 0 Å². The second-order valence-electron chi connectivity index (χ2n) is 10.8. The van der Waals surface area contributed by atoms with Crippen molar-refractivity contribution < 1.29 is 53.8 Å². The number of carbonyl (C=O) groups excluding carboxylic acids is 3. The first-order valence-corrected chi connectivity index (χ1v) is 10.3. The third-order valence-corrected chi connectivity index (χ3v) is 8.95. The van der Waals surface area contributed by atoms with Gasteiger partial charge in [0.25, 0.3) is 0 Å². The summed E-state index contributed by atoms with van der Waals surface area (Å²) in [5.41, 5.74) is -9.40. The van der Waals surface area contributed by atoms with Crippen LogP contribution >= 0.6 is 0 Å². The van der Waals surface area contributed by atoms with Gasteiger partial charge in [0.1, 0.15) is 12.2 Å². The van der Waals surface area contributed by atoms with Gasteiger partial charge in [0.05, 0.1) is 22.9 Å². The fourth-order valence-electron chi connectivity index (χ4n) is 8.27. The summed E-state index contributed by atoms with van der Waals surface area (Å²) in [6, 6.07) is 0. The van der Waals surface area contributed by atoms with Crippen LogP contribution < -0.4 is 0 Å². The van der Waals surface area contributed by atoms with Crippen LogP contribution in [0.15, 0.2) is 0 Å². The molecular formula is C20H24O11. The van der Waals surface area contributed by atoms with Crippen molar-refractivity contribution in [2.24, 2.45) is 28.1 Å². The Bertz CT molecular complexity index is 957. The fraction of sp³-hybridized carbons (Fsp3) is 0.850. The molecule has 31 heavy (non-hydrogen) atoms. The Balaban J connectivity index is 1.75. The predicted octanol–water partition coefficient (Wildman–Crippen LogP) is -2.40. The molecule has 4 saturated heterocycles. The number of fused-ring (bicyclic) bond motifs is 1. The molecule has 0 unspecified atom stereocenters. The molecule has 2 aliphatic carbocycles. The average molecular weight is 440 g/mol. The first kappa shape index (κ1) is 19.9. The molecule has 12 atom stereocenters. The molecule has 170 valence electrons. The van der Waals surface area contributed by atoms with Crippen LogP contribution in [0, 0.1) is 28.1 Å². The number of esters is 3. The van der Waals surface area contributed by atoms with E-state index < -0.39 is 94.0 Å². The first-order chi connectivity index (χ1) is 14.3. The van der Waals surface area contributed by atoms with Crippen LogP contribution in [0.5, 0.6) is 0 Å². The molecule has 0 aromatic heterocycles. The second kappa shape index (κ2) is 4.91. The van der Waals surface area contributed by atoms with Crippen molar-refractivity contribution in [1.82, 2.24) is 0 Å². The number of ether oxygens (including phenoxy) is 4. The Morgan fingerprint density at radius 1 is 0.935 bits per heavy atom. The molecule has 0 aromatic carbocycles. The predicted molar refractivity (Wildman–Crippen MR) is 93.4 cm³/mol. The van der Waals surface area contributed by atoms with E-state index in [4.69, 9.17) is 18.9 Å². The van der Waals surface area contributed by atoms with E-state index in [1.807, 2.05) is 0 Å². The number of hydrogen-bond donors (Lipinski definition) is 4. The lowest BCUT2D eigenvalue weighted by Gasteiger charge is -2.47. The van der Waals surface area contributed by atoms with Crippen molar-refractivity contribution in [2.75, 3.05) is 0 Å². The summed E-state index contributed by atoms with van der Waals surface area (Å²) in [5.74, 6) is -5.22. The van der Waals surface area contributed by atoms with E-state index in [2.05, 4.69) is 0 Å². The maximum Gasteiger partial charge on any atom is 0.343 e. The second-order valence-corrected chi connectivity index (χ2v) is 10.8. The highest BCUT2D eigenvalue weighted by atomic mass is 16.8. The third kappa shape index (κ3) is 1.43. The fourth-order valence-corrected chi connectivity index (χ4v) is 8.27. The maximum absolute atomic E-state index is 13.4. The minimum atomic E-state index is -2.40. The SMILES string of the molecule is C[C@H]1C(=O)O[C@@H]2[C@@H](O)[C@@]34[C@H]5OC(=O)[C@@]3(O[C@@H]3OC(=O)[C@@H](O)[C@]34[C@@H](C(C)(C)C)[C@H]5O)[C@@]21O. The Hall–Kier alpha value is -1.79. The van der Waals surface area contributed by atoms with Crippen molar-refractivity contribution in [3.8, 4) is 0 Å². The van der Waals surface area contributed by atoms with E-state index in [0.717, 1.165) is 0 Å². The summed E-state index contributed by atoms with van der Waals surface area (Å²) in [7, 11) is 0. The van der Waals surface area contributed by atoms with Gasteiger partial charge in [0.2, 0.25) is 11.9 Å².